The van der Waals surface area contributed by atoms with Gasteiger partial charge in [0, 0.05) is 17.8 Å². The number of rotatable bonds is 5. The molecule has 0 spiro atoms. The van der Waals surface area contributed by atoms with Gasteiger partial charge in [0.25, 0.3) is 0 Å². The number of phenols is 1. The summed E-state index contributed by atoms with van der Waals surface area (Å²) in [5.74, 6) is -1.17. The SMILES string of the molecule is CCOC(=O)C(Cc1cc(Br)ccc1O)OC(C)=O. The van der Waals surface area contributed by atoms with Gasteiger partial charge in [-0.2, -0.15) is 0 Å². The fraction of sp³-hybridized carbons (Fsp3) is 0.385. The van der Waals surface area contributed by atoms with Gasteiger partial charge in [0.05, 0.1) is 6.61 Å². The minimum atomic E-state index is -1.06. The van der Waals surface area contributed by atoms with E-state index in [0.717, 1.165) is 4.47 Å². The predicted molar refractivity (Wildman–Crippen MR) is 71.7 cm³/mol. The third kappa shape index (κ3) is 4.90. The lowest BCUT2D eigenvalue weighted by Crippen LogP contribution is -2.30. The first-order valence-corrected chi connectivity index (χ1v) is 6.54. The van der Waals surface area contributed by atoms with Crippen LogP contribution >= 0.6 is 15.9 Å². The van der Waals surface area contributed by atoms with Crippen molar-refractivity contribution >= 4 is 27.9 Å². The normalized spacial score (nSPS) is 11.7. The molecule has 0 aliphatic rings. The van der Waals surface area contributed by atoms with Gasteiger partial charge in [0.2, 0.25) is 6.10 Å². The number of aromatic hydroxyl groups is 1. The third-order valence-corrected chi connectivity index (χ3v) is 2.80. The molecular formula is C13H15BrO5. The lowest BCUT2D eigenvalue weighted by atomic mass is 10.1. The highest BCUT2D eigenvalue weighted by molar-refractivity contribution is 9.10. The molecule has 1 N–H and O–H groups in total. The number of carbonyl (C=O) groups excluding carboxylic acids is 2. The predicted octanol–water partition coefficient (Wildman–Crippen LogP) is 2.19. The van der Waals surface area contributed by atoms with Crippen LogP contribution in [0.3, 0.4) is 0 Å². The minimum Gasteiger partial charge on any atom is -0.508 e. The molecule has 0 aromatic heterocycles. The smallest absolute Gasteiger partial charge is 0.347 e. The Morgan fingerprint density at radius 1 is 1.42 bits per heavy atom. The van der Waals surface area contributed by atoms with Gasteiger partial charge in [-0.25, -0.2) is 4.79 Å². The third-order valence-electron chi connectivity index (χ3n) is 2.30. The number of esters is 2. The largest absolute Gasteiger partial charge is 0.508 e. The summed E-state index contributed by atoms with van der Waals surface area (Å²) in [7, 11) is 0. The van der Waals surface area contributed by atoms with Gasteiger partial charge in [-0.05, 0) is 30.7 Å². The van der Waals surface area contributed by atoms with Gasteiger partial charge < -0.3 is 14.6 Å². The molecule has 0 heterocycles. The van der Waals surface area contributed by atoms with Gasteiger partial charge in [-0.15, -0.1) is 0 Å². The molecule has 19 heavy (non-hydrogen) atoms. The molecule has 104 valence electrons. The highest BCUT2D eigenvalue weighted by atomic mass is 79.9. The topological polar surface area (TPSA) is 72.8 Å². The Morgan fingerprint density at radius 2 is 2.11 bits per heavy atom. The molecule has 0 aliphatic carbocycles. The number of benzene rings is 1. The van der Waals surface area contributed by atoms with Gasteiger partial charge in [-0.1, -0.05) is 15.9 Å². The van der Waals surface area contributed by atoms with E-state index < -0.39 is 18.0 Å². The lowest BCUT2D eigenvalue weighted by molar-refractivity contribution is -0.166. The molecule has 0 saturated carbocycles. The fourth-order valence-electron chi connectivity index (χ4n) is 1.53. The zero-order chi connectivity index (χ0) is 14.4. The van der Waals surface area contributed by atoms with E-state index in [2.05, 4.69) is 15.9 Å². The molecule has 1 atom stereocenters. The van der Waals surface area contributed by atoms with Crippen LogP contribution in [0.25, 0.3) is 0 Å². The molecule has 1 aromatic carbocycles. The number of halogens is 1. The maximum atomic E-state index is 11.7. The van der Waals surface area contributed by atoms with E-state index in [-0.39, 0.29) is 18.8 Å². The second kappa shape index (κ2) is 7.13. The highest BCUT2D eigenvalue weighted by Crippen LogP contribution is 2.24. The standard InChI is InChI=1S/C13H15BrO5/c1-3-18-13(17)12(19-8(2)15)7-9-6-10(14)4-5-11(9)16/h4-6,12,16H,3,7H2,1-2H3. The van der Waals surface area contributed by atoms with Crippen LogP contribution in [-0.4, -0.2) is 29.8 Å². The van der Waals surface area contributed by atoms with Crippen LogP contribution in [0.2, 0.25) is 0 Å². The molecule has 0 bridgehead atoms. The van der Waals surface area contributed by atoms with Crippen LogP contribution < -0.4 is 0 Å². The molecule has 1 aromatic rings. The number of carbonyl (C=O) groups is 2. The Balaban J connectivity index is 2.89. The molecule has 5 nitrogen and oxygen atoms in total. The van der Waals surface area contributed by atoms with E-state index in [0.29, 0.717) is 5.56 Å². The fourth-order valence-corrected chi connectivity index (χ4v) is 1.93. The van der Waals surface area contributed by atoms with Crippen molar-refractivity contribution in [3.63, 3.8) is 0 Å². The number of hydrogen-bond donors (Lipinski definition) is 1. The Kier molecular flexibility index (Phi) is 5.82. The van der Waals surface area contributed by atoms with E-state index in [4.69, 9.17) is 9.47 Å². The second-order valence-electron chi connectivity index (χ2n) is 3.83. The van der Waals surface area contributed by atoms with Gasteiger partial charge in [-0.3, -0.25) is 4.79 Å². The summed E-state index contributed by atoms with van der Waals surface area (Å²) in [6.07, 6.45) is -0.999. The average molecular weight is 331 g/mol. The zero-order valence-corrected chi connectivity index (χ0v) is 12.3. The van der Waals surface area contributed by atoms with E-state index in [1.165, 1.54) is 13.0 Å². The first-order valence-electron chi connectivity index (χ1n) is 5.75. The number of hydrogen-bond acceptors (Lipinski definition) is 5. The Labute approximate surface area is 119 Å². The van der Waals surface area contributed by atoms with Crippen molar-refractivity contribution in [2.45, 2.75) is 26.4 Å². The summed E-state index contributed by atoms with van der Waals surface area (Å²) in [4.78, 5) is 22.7. The van der Waals surface area contributed by atoms with Crippen molar-refractivity contribution in [3.8, 4) is 5.75 Å². The van der Waals surface area contributed by atoms with Crippen LogP contribution in [-0.2, 0) is 25.5 Å². The average Bonchev–Trinajstić information content (AvgIpc) is 2.32. The Hall–Kier alpha value is -1.56. The molecule has 0 radical (unpaired) electrons. The van der Waals surface area contributed by atoms with Crippen molar-refractivity contribution in [2.24, 2.45) is 0 Å². The van der Waals surface area contributed by atoms with E-state index in [1.54, 1.807) is 19.1 Å². The Bertz CT molecular complexity index is 472. The molecule has 0 aliphatic heterocycles. The maximum Gasteiger partial charge on any atom is 0.347 e. The molecule has 0 saturated heterocycles. The lowest BCUT2D eigenvalue weighted by Gasteiger charge is -2.16. The summed E-state index contributed by atoms with van der Waals surface area (Å²) in [6, 6.07) is 4.82. The van der Waals surface area contributed by atoms with Crippen molar-refractivity contribution in [2.75, 3.05) is 6.61 Å². The zero-order valence-electron chi connectivity index (χ0n) is 10.7. The van der Waals surface area contributed by atoms with Crippen LogP contribution in [0, 0.1) is 0 Å². The molecule has 1 rings (SSSR count). The number of phenolic OH excluding ortho intramolecular Hbond substituents is 1. The van der Waals surface area contributed by atoms with E-state index in [9.17, 15) is 14.7 Å². The summed E-state index contributed by atoms with van der Waals surface area (Å²) < 4.78 is 10.5. The van der Waals surface area contributed by atoms with Crippen molar-refractivity contribution < 1.29 is 24.2 Å². The van der Waals surface area contributed by atoms with Crippen LogP contribution in [0.1, 0.15) is 19.4 Å². The van der Waals surface area contributed by atoms with Crippen LogP contribution in [0.4, 0.5) is 0 Å². The summed E-state index contributed by atoms with van der Waals surface area (Å²) >= 11 is 3.27. The number of ether oxygens (including phenoxy) is 2. The van der Waals surface area contributed by atoms with Crippen LogP contribution in [0.15, 0.2) is 22.7 Å². The van der Waals surface area contributed by atoms with E-state index >= 15 is 0 Å². The van der Waals surface area contributed by atoms with Gasteiger partial charge >= 0.3 is 11.9 Å². The van der Waals surface area contributed by atoms with E-state index in [1.807, 2.05) is 0 Å². The molecule has 0 fully saturated rings. The molecule has 1 unspecified atom stereocenters. The first-order chi connectivity index (χ1) is 8.93. The molecule has 6 heteroatoms. The quantitative estimate of drug-likeness (QED) is 0.838. The maximum absolute atomic E-state index is 11.7. The summed E-state index contributed by atoms with van der Waals surface area (Å²) in [5.41, 5.74) is 0.494. The minimum absolute atomic E-state index is 0.0321. The van der Waals surface area contributed by atoms with Crippen molar-refractivity contribution in [1.29, 1.82) is 0 Å². The summed E-state index contributed by atoms with van der Waals surface area (Å²) in [5, 5.41) is 9.72. The second-order valence-corrected chi connectivity index (χ2v) is 4.74. The summed E-state index contributed by atoms with van der Waals surface area (Å²) in [6.45, 7) is 3.08. The Morgan fingerprint density at radius 3 is 2.68 bits per heavy atom. The van der Waals surface area contributed by atoms with Gasteiger partial charge in [0.1, 0.15) is 5.75 Å². The van der Waals surface area contributed by atoms with Gasteiger partial charge in [0.15, 0.2) is 0 Å². The highest BCUT2D eigenvalue weighted by Gasteiger charge is 2.24. The van der Waals surface area contributed by atoms with Crippen molar-refractivity contribution in [3.05, 3.63) is 28.2 Å². The first kappa shape index (κ1) is 15.5. The monoisotopic (exact) mass is 330 g/mol. The molecule has 0 amide bonds. The molecular weight excluding hydrogens is 316 g/mol. The van der Waals surface area contributed by atoms with Crippen LogP contribution in [0.5, 0.6) is 5.75 Å². The van der Waals surface area contributed by atoms with Crippen molar-refractivity contribution in [1.82, 2.24) is 0 Å².